The third-order valence-electron chi connectivity index (χ3n) is 3.87. The summed E-state index contributed by atoms with van der Waals surface area (Å²) in [5.74, 6) is -0.468. The summed E-state index contributed by atoms with van der Waals surface area (Å²) in [7, 11) is 0. The summed E-state index contributed by atoms with van der Waals surface area (Å²) in [6.45, 7) is 1.29. The lowest BCUT2D eigenvalue weighted by Gasteiger charge is -2.04. The van der Waals surface area contributed by atoms with Crippen LogP contribution in [0.3, 0.4) is 0 Å². The van der Waals surface area contributed by atoms with E-state index in [1.165, 1.54) is 24.3 Å². The van der Waals surface area contributed by atoms with E-state index in [4.69, 9.17) is 27.9 Å². The molecule has 0 unspecified atom stereocenters. The molecule has 29 heavy (non-hydrogen) atoms. The van der Waals surface area contributed by atoms with Gasteiger partial charge in [-0.1, -0.05) is 29.3 Å². The fourth-order valence-electron chi connectivity index (χ4n) is 2.66. The zero-order valence-electron chi connectivity index (χ0n) is 14.8. The molecule has 0 bridgehead atoms. The van der Waals surface area contributed by atoms with E-state index in [1.54, 1.807) is 40.9 Å². The summed E-state index contributed by atoms with van der Waals surface area (Å²) in [5.41, 5.74) is 1.79. The predicted molar refractivity (Wildman–Crippen MR) is 112 cm³/mol. The number of rotatable bonds is 4. The van der Waals surface area contributed by atoms with E-state index in [2.05, 4.69) is 15.4 Å². The van der Waals surface area contributed by atoms with Crippen LogP contribution >= 0.6 is 34.5 Å². The highest BCUT2D eigenvalue weighted by Gasteiger charge is 2.16. The van der Waals surface area contributed by atoms with E-state index in [0.29, 0.717) is 20.6 Å². The third-order valence-corrected chi connectivity index (χ3v) is 5.24. The molecule has 4 aromatic rings. The predicted octanol–water partition coefficient (Wildman–Crippen LogP) is 4.94. The summed E-state index contributed by atoms with van der Waals surface area (Å²) >= 11 is 13.6. The Labute approximate surface area is 178 Å². The molecule has 4 rings (SSSR count). The molecule has 0 spiro atoms. The van der Waals surface area contributed by atoms with E-state index in [-0.39, 0.29) is 11.7 Å². The lowest BCUT2D eigenvalue weighted by atomic mass is 10.2. The van der Waals surface area contributed by atoms with Gasteiger partial charge in [0.1, 0.15) is 5.75 Å². The highest BCUT2D eigenvalue weighted by Crippen LogP contribution is 2.33. The SMILES string of the molecule is CC(=O)Oc1cccc(C(=O)Nc2nc3scc(-c4ccc(Cl)cc4Cl)n3n2)c1. The van der Waals surface area contributed by atoms with Crippen molar-refractivity contribution in [2.45, 2.75) is 6.92 Å². The Bertz CT molecular complexity index is 1250. The van der Waals surface area contributed by atoms with Crippen LogP contribution in [-0.2, 0) is 4.79 Å². The number of thiazole rings is 1. The van der Waals surface area contributed by atoms with E-state index in [0.717, 1.165) is 11.3 Å². The molecule has 0 atom stereocenters. The molecule has 0 fully saturated rings. The van der Waals surface area contributed by atoms with Gasteiger partial charge >= 0.3 is 5.97 Å². The number of amides is 1. The Kier molecular flexibility index (Phi) is 5.23. The minimum Gasteiger partial charge on any atom is -0.427 e. The third kappa shape index (κ3) is 4.09. The molecule has 0 aliphatic heterocycles. The molecule has 0 saturated heterocycles. The van der Waals surface area contributed by atoms with Crippen LogP contribution in [0.1, 0.15) is 17.3 Å². The molecule has 7 nitrogen and oxygen atoms in total. The second-order valence-corrected chi connectivity index (χ2v) is 7.63. The van der Waals surface area contributed by atoms with E-state index >= 15 is 0 Å². The Balaban J connectivity index is 1.60. The van der Waals surface area contributed by atoms with Crippen LogP contribution in [-0.4, -0.2) is 26.5 Å². The van der Waals surface area contributed by atoms with Crippen molar-refractivity contribution in [1.82, 2.24) is 14.6 Å². The smallest absolute Gasteiger partial charge is 0.308 e. The highest BCUT2D eigenvalue weighted by atomic mass is 35.5. The lowest BCUT2D eigenvalue weighted by molar-refractivity contribution is -0.131. The standard InChI is InChI=1S/C19H12Cl2N4O3S/c1-10(26)28-13-4-2-3-11(7-13)17(27)22-18-23-19-25(24-18)16(9-29-19)14-6-5-12(20)8-15(14)21/h2-9H,1H3,(H,22,24,27). The van der Waals surface area contributed by atoms with Crippen LogP contribution in [0.2, 0.25) is 10.0 Å². The monoisotopic (exact) mass is 446 g/mol. The Morgan fingerprint density at radius 1 is 1.17 bits per heavy atom. The number of hydrogen-bond donors (Lipinski definition) is 1. The summed E-state index contributed by atoms with van der Waals surface area (Å²) in [6.07, 6.45) is 0. The molecule has 10 heteroatoms. The number of carbonyl (C=O) groups excluding carboxylic acids is 2. The quantitative estimate of drug-likeness (QED) is 0.354. The summed E-state index contributed by atoms with van der Waals surface area (Å²) in [6, 6.07) is 11.5. The highest BCUT2D eigenvalue weighted by molar-refractivity contribution is 7.15. The van der Waals surface area contributed by atoms with Gasteiger partial charge in [-0.2, -0.15) is 4.98 Å². The topological polar surface area (TPSA) is 85.6 Å². The van der Waals surface area contributed by atoms with Gasteiger partial charge in [0, 0.05) is 28.5 Å². The molecular formula is C19H12Cl2N4O3S. The molecule has 146 valence electrons. The zero-order chi connectivity index (χ0) is 20.5. The van der Waals surface area contributed by atoms with E-state index < -0.39 is 11.9 Å². The van der Waals surface area contributed by atoms with Crippen LogP contribution in [0, 0.1) is 0 Å². The minimum absolute atomic E-state index is 0.145. The van der Waals surface area contributed by atoms with Crippen LogP contribution < -0.4 is 10.1 Å². The normalized spacial score (nSPS) is 10.9. The zero-order valence-corrected chi connectivity index (χ0v) is 17.2. The first-order valence-corrected chi connectivity index (χ1v) is 9.94. The average molecular weight is 447 g/mol. The first-order chi connectivity index (χ1) is 13.9. The maximum Gasteiger partial charge on any atom is 0.308 e. The number of fused-ring (bicyclic) bond motifs is 1. The van der Waals surface area contributed by atoms with Gasteiger partial charge < -0.3 is 4.74 Å². The number of halogens is 2. The molecule has 2 aromatic heterocycles. The number of nitrogens with one attached hydrogen (secondary N) is 1. The molecule has 2 heterocycles. The van der Waals surface area contributed by atoms with E-state index in [1.807, 2.05) is 5.38 Å². The first kappa shape index (κ1) is 19.4. The fraction of sp³-hybridized carbons (Fsp3) is 0.0526. The van der Waals surface area contributed by atoms with Crippen molar-refractivity contribution in [3.63, 3.8) is 0 Å². The maximum absolute atomic E-state index is 12.5. The van der Waals surface area contributed by atoms with Crippen LogP contribution in [0.25, 0.3) is 16.2 Å². The van der Waals surface area contributed by atoms with Crippen molar-refractivity contribution in [3.8, 4) is 17.0 Å². The van der Waals surface area contributed by atoms with Crippen molar-refractivity contribution in [2.75, 3.05) is 5.32 Å². The van der Waals surface area contributed by atoms with Crippen molar-refractivity contribution >= 4 is 57.3 Å². The first-order valence-electron chi connectivity index (χ1n) is 8.30. The van der Waals surface area contributed by atoms with Gasteiger partial charge in [-0.15, -0.1) is 16.4 Å². The number of aromatic nitrogens is 3. The number of carbonyl (C=O) groups is 2. The van der Waals surface area contributed by atoms with Gasteiger partial charge in [0.25, 0.3) is 11.9 Å². The Morgan fingerprint density at radius 2 is 2.00 bits per heavy atom. The van der Waals surface area contributed by atoms with Gasteiger partial charge in [0.05, 0.1) is 10.7 Å². The molecule has 0 aliphatic carbocycles. The van der Waals surface area contributed by atoms with Crippen molar-refractivity contribution in [2.24, 2.45) is 0 Å². The van der Waals surface area contributed by atoms with E-state index in [9.17, 15) is 9.59 Å². The molecule has 1 amide bonds. The van der Waals surface area contributed by atoms with Crippen LogP contribution in [0.5, 0.6) is 5.75 Å². The molecular weight excluding hydrogens is 435 g/mol. The second kappa shape index (κ2) is 7.82. The van der Waals surface area contributed by atoms with Gasteiger partial charge in [-0.05, 0) is 36.4 Å². The van der Waals surface area contributed by atoms with Crippen LogP contribution in [0.15, 0.2) is 47.8 Å². The molecule has 0 saturated carbocycles. The second-order valence-electron chi connectivity index (χ2n) is 5.95. The summed E-state index contributed by atoms with van der Waals surface area (Å²) < 4.78 is 6.60. The summed E-state index contributed by atoms with van der Waals surface area (Å²) in [5, 5.41) is 9.90. The molecule has 0 aliphatic rings. The number of esters is 1. The largest absolute Gasteiger partial charge is 0.427 e. The molecule has 0 radical (unpaired) electrons. The van der Waals surface area contributed by atoms with Gasteiger partial charge in [0.2, 0.25) is 4.96 Å². The number of hydrogen-bond acceptors (Lipinski definition) is 6. The number of ether oxygens (including phenoxy) is 1. The Hall–Kier alpha value is -2.94. The van der Waals surface area contributed by atoms with Gasteiger partial charge in [-0.3, -0.25) is 14.9 Å². The number of benzene rings is 2. The summed E-state index contributed by atoms with van der Waals surface area (Å²) in [4.78, 5) is 28.5. The van der Waals surface area contributed by atoms with Crippen molar-refractivity contribution in [3.05, 3.63) is 63.5 Å². The molecule has 2 aromatic carbocycles. The molecule has 1 N–H and O–H groups in total. The number of nitrogens with zero attached hydrogens (tertiary/aromatic N) is 3. The lowest BCUT2D eigenvalue weighted by Crippen LogP contribution is -2.13. The fourth-order valence-corrected chi connectivity index (χ4v) is 3.99. The average Bonchev–Trinajstić information content (AvgIpc) is 3.22. The van der Waals surface area contributed by atoms with Crippen molar-refractivity contribution in [1.29, 1.82) is 0 Å². The van der Waals surface area contributed by atoms with Crippen molar-refractivity contribution < 1.29 is 14.3 Å². The van der Waals surface area contributed by atoms with Gasteiger partial charge in [0.15, 0.2) is 0 Å². The van der Waals surface area contributed by atoms with Gasteiger partial charge in [-0.25, -0.2) is 4.52 Å². The Morgan fingerprint density at radius 3 is 2.76 bits per heavy atom. The minimum atomic E-state index is -0.466. The van der Waals surface area contributed by atoms with Crippen LogP contribution in [0.4, 0.5) is 5.95 Å². The number of anilines is 1. The maximum atomic E-state index is 12.5.